The largest absolute Gasteiger partial charge is 0.479 e. The van der Waals surface area contributed by atoms with E-state index in [2.05, 4.69) is 30.7 Å². The Hall–Kier alpha value is -1.45. The van der Waals surface area contributed by atoms with Gasteiger partial charge in [0.25, 0.3) is 0 Å². The first kappa shape index (κ1) is 14.6. The van der Waals surface area contributed by atoms with Crippen LogP contribution in [0.2, 0.25) is 0 Å². The topological polar surface area (TPSA) is 51.4 Å². The minimum absolute atomic E-state index is 0.470. The summed E-state index contributed by atoms with van der Waals surface area (Å²) in [5, 5.41) is 0. The van der Waals surface area contributed by atoms with Gasteiger partial charge in [0.2, 0.25) is 5.88 Å². The van der Waals surface area contributed by atoms with Crippen LogP contribution in [-0.2, 0) is 0 Å². The molecule has 1 rings (SSSR count). The van der Waals surface area contributed by atoms with Crippen molar-refractivity contribution >= 4 is 11.5 Å². The van der Waals surface area contributed by atoms with E-state index in [0.29, 0.717) is 17.6 Å². The highest BCUT2D eigenvalue weighted by Gasteiger charge is 2.15. The highest BCUT2D eigenvalue weighted by atomic mass is 16.5. The Morgan fingerprint density at radius 2 is 2.11 bits per heavy atom. The summed E-state index contributed by atoms with van der Waals surface area (Å²) in [5.74, 6) is 1.46. The predicted octanol–water partition coefficient (Wildman–Crippen LogP) is 3.08. The van der Waals surface area contributed by atoms with Crippen molar-refractivity contribution in [1.29, 1.82) is 0 Å². The lowest BCUT2D eigenvalue weighted by atomic mass is 10.2. The Kier molecular flexibility index (Phi) is 5.75. The lowest BCUT2D eigenvalue weighted by molar-refractivity contribution is 0.399. The Balaban J connectivity index is 2.96. The molecule has 1 atom stereocenters. The summed E-state index contributed by atoms with van der Waals surface area (Å²) in [6.45, 7) is 7.63. The number of nitrogens with two attached hydrogens (primary N) is 1. The third kappa shape index (κ3) is 3.52. The normalized spacial score (nSPS) is 12.2. The molecule has 0 spiro atoms. The number of rotatable bonds is 7. The molecule has 0 fully saturated rings. The van der Waals surface area contributed by atoms with Gasteiger partial charge in [-0.05, 0) is 31.9 Å². The van der Waals surface area contributed by atoms with Gasteiger partial charge in [-0.2, -0.15) is 4.98 Å². The minimum atomic E-state index is 0.470. The Morgan fingerprint density at radius 3 is 2.67 bits per heavy atom. The van der Waals surface area contributed by atoms with Crippen LogP contribution in [0.5, 0.6) is 5.88 Å². The first-order valence-electron chi connectivity index (χ1n) is 6.71. The van der Waals surface area contributed by atoms with Crippen LogP contribution in [0, 0.1) is 0 Å². The van der Waals surface area contributed by atoms with Crippen LogP contribution >= 0.6 is 0 Å². The van der Waals surface area contributed by atoms with Crippen molar-refractivity contribution in [3.63, 3.8) is 0 Å². The summed E-state index contributed by atoms with van der Waals surface area (Å²) in [6.07, 6.45) is 3.44. The van der Waals surface area contributed by atoms with Crippen molar-refractivity contribution in [3.05, 3.63) is 12.1 Å². The summed E-state index contributed by atoms with van der Waals surface area (Å²) in [7, 11) is 1.60. The number of anilines is 2. The number of aromatic nitrogens is 1. The molecule has 0 aliphatic rings. The highest BCUT2D eigenvalue weighted by molar-refractivity contribution is 5.54. The molecule has 1 aromatic rings. The van der Waals surface area contributed by atoms with Crippen molar-refractivity contribution in [3.8, 4) is 5.88 Å². The van der Waals surface area contributed by atoms with Crippen molar-refractivity contribution in [2.45, 2.75) is 46.1 Å². The lowest BCUT2D eigenvalue weighted by Crippen LogP contribution is -2.34. The quantitative estimate of drug-likeness (QED) is 0.809. The maximum Gasteiger partial charge on any atom is 0.238 e. The van der Waals surface area contributed by atoms with Gasteiger partial charge in [-0.25, -0.2) is 0 Å². The summed E-state index contributed by atoms with van der Waals surface area (Å²) < 4.78 is 5.19. The summed E-state index contributed by atoms with van der Waals surface area (Å²) in [4.78, 5) is 6.82. The standard InChI is InChI=1S/C14H25N3O/c1-5-7-10-17(11(3)6-2)13-9-8-12(15)14(16-13)18-4/h8-9,11H,5-7,10,15H2,1-4H3. The number of pyridine rings is 1. The van der Waals surface area contributed by atoms with E-state index in [1.807, 2.05) is 12.1 Å². The SMILES string of the molecule is CCCCN(c1ccc(N)c(OC)n1)C(C)CC. The van der Waals surface area contributed by atoms with Gasteiger partial charge in [-0.1, -0.05) is 20.3 Å². The van der Waals surface area contributed by atoms with Crippen LogP contribution in [0.3, 0.4) is 0 Å². The Morgan fingerprint density at radius 1 is 1.39 bits per heavy atom. The third-order valence-corrected chi connectivity index (χ3v) is 3.24. The molecule has 0 amide bonds. The van der Waals surface area contributed by atoms with Gasteiger partial charge in [-0.15, -0.1) is 0 Å². The van der Waals surface area contributed by atoms with Gasteiger partial charge in [-0.3, -0.25) is 0 Å². The lowest BCUT2D eigenvalue weighted by Gasteiger charge is -2.30. The van der Waals surface area contributed by atoms with Crippen molar-refractivity contribution < 1.29 is 4.74 Å². The van der Waals surface area contributed by atoms with E-state index in [9.17, 15) is 0 Å². The Bertz CT molecular complexity index is 368. The van der Waals surface area contributed by atoms with Gasteiger partial charge < -0.3 is 15.4 Å². The van der Waals surface area contributed by atoms with Crippen molar-refractivity contribution in [2.75, 3.05) is 24.3 Å². The molecule has 0 aliphatic heterocycles. The zero-order valence-electron chi connectivity index (χ0n) is 11.9. The monoisotopic (exact) mass is 251 g/mol. The number of ether oxygens (including phenoxy) is 1. The predicted molar refractivity (Wildman–Crippen MR) is 77.2 cm³/mol. The van der Waals surface area contributed by atoms with Crippen LogP contribution < -0.4 is 15.4 Å². The number of hydrogen-bond donors (Lipinski definition) is 1. The van der Waals surface area contributed by atoms with E-state index in [1.165, 1.54) is 12.8 Å². The molecular weight excluding hydrogens is 226 g/mol. The molecule has 2 N–H and O–H groups in total. The van der Waals surface area contributed by atoms with E-state index in [4.69, 9.17) is 10.5 Å². The molecule has 4 nitrogen and oxygen atoms in total. The fourth-order valence-corrected chi connectivity index (χ4v) is 1.87. The molecule has 0 bridgehead atoms. The number of methoxy groups -OCH3 is 1. The molecule has 0 saturated carbocycles. The van der Waals surface area contributed by atoms with Crippen molar-refractivity contribution in [1.82, 2.24) is 4.98 Å². The fraction of sp³-hybridized carbons (Fsp3) is 0.643. The summed E-state index contributed by atoms with van der Waals surface area (Å²) in [6, 6.07) is 4.31. The Labute approximate surface area is 110 Å². The van der Waals surface area contributed by atoms with Crippen LogP contribution in [-0.4, -0.2) is 24.7 Å². The van der Waals surface area contributed by atoms with Gasteiger partial charge >= 0.3 is 0 Å². The summed E-state index contributed by atoms with van der Waals surface area (Å²) in [5.41, 5.74) is 6.39. The van der Waals surface area contributed by atoms with E-state index in [-0.39, 0.29) is 0 Å². The molecule has 18 heavy (non-hydrogen) atoms. The molecule has 0 aliphatic carbocycles. The van der Waals surface area contributed by atoms with Crippen LogP contribution in [0.25, 0.3) is 0 Å². The molecule has 0 aromatic carbocycles. The van der Waals surface area contributed by atoms with E-state index in [1.54, 1.807) is 7.11 Å². The van der Waals surface area contributed by atoms with E-state index < -0.39 is 0 Å². The molecule has 1 unspecified atom stereocenters. The van der Waals surface area contributed by atoms with Crippen LogP contribution in [0.15, 0.2) is 12.1 Å². The molecule has 0 saturated heterocycles. The molecule has 1 heterocycles. The van der Waals surface area contributed by atoms with E-state index >= 15 is 0 Å². The maximum atomic E-state index is 5.80. The van der Waals surface area contributed by atoms with Crippen LogP contribution in [0.1, 0.15) is 40.0 Å². The second kappa shape index (κ2) is 7.09. The van der Waals surface area contributed by atoms with Gasteiger partial charge in [0.1, 0.15) is 5.82 Å². The maximum absolute atomic E-state index is 5.80. The number of unbranched alkanes of at least 4 members (excludes halogenated alkanes) is 1. The highest BCUT2D eigenvalue weighted by Crippen LogP contribution is 2.24. The number of nitrogens with zero attached hydrogens (tertiary/aromatic N) is 2. The smallest absolute Gasteiger partial charge is 0.238 e. The van der Waals surface area contributed by atoms with Gasteiger partial charge in [0.15, 0.2) is 0 Å². The summed E-state index contributed by atoms with van der Waals surface area (Å²) >= 11 is 0. The van der Waals surface area contributed by atoms with E-state index in [0.717, 1.165) is 18.8 Å². The number of nitrogen functional groups attached to an aromatic ring is 1. The first-order valence-corrected chi connectivity index (χ1v) is 6.71. The zero-order valence-corrected chi connectivity index (χ0v) is 11.9. The zero-order chi connectivity index (χ0) is 13.5. The molecule has 0 radical (unpaired) electrons. The second-order valence-electron chi connectivity index (χ2n) is 4.57. The first-order chi connectivity index (χ1) is 8.63. The van der Waals surface area contributed by atoms with Crippen molar-refractivity contribution in [2.24, 2.45) is 0 Å². The average molecular weight is 251 g/mol. The second-order valence-corrected chi connectivity index (χ2v) is 4.57. The molecular formula is C14H25N3O. The number of hydrogen-bond acceptors (Lipinski definition) is 4. The third-order valence-electron chi connectivity index (χ3n) is 3.24. The van der Waals surface area contributed by atoms with Crippen LogP contribution in [0.4, 0.5) is 11.5 Å². The van der Waals surface area contributed by atoms with Gasteiger partial charge in [0, 0.05) is 12.6 Å². The minimum Gasteiger partial charge on any atom is -0.479 e. The molecule has 102 valence electrons. The average Bonchev–Trinajstić information content (AvgIpc) is 2.40. The fourth-order valence-electron chi connectivity index (χ4n) is 1.87. The van der Waals surface area contributed by atoms with Gasteiger partial charge in [0.05, 0.1) is 12.8 Å². The molecule has 1 aromatic heterocycles. The molecule has 4 heteroatoms.